The molecular formula is C24H38IN5O2. The fourth-order valence-electron chi connectivity index (χ4n) is 4.68. The van der Waals surface area contributed by atoms with E-state index in [1.165, 1.54) is 0 Å². The SMILES string of the molecule is CCNC(=NCc1cccc(CN2CCCC2=O)c1)NCC1(C(=O)N(C)C)CCCC1.I. The van der Waals surface area contributed by atoms with Crippen molar-refractivity contribution in [2.24, 2.45) is 10.4 Å². The van der Waals surface area contributed by atoms with Gasteiger partial charge in [0, 0.05) is 46.7 Å². The minimum Gasteiger partial charge on any atom is -0.357 e. The summed E-state index contributed by atoms with van der Waals surface area (Å²) in [5, 5.41) is 6.73. The van der Waals surface area contributed by atoms with Crippen LogP contribution in [-0.2, 0) is 22.7 Å². The number of amides is 2. The Kier molecular flexibility index (Phi) is 10.2. The maximum atomic E-state index is 12.8. The van der Waals surface area contributed by atoms with Gasteiger partial charge < -0.3 is 20.4 Å². The molecule has 1 saturated heterocycles. The number of halogens is 1. The van der Waals surface area contributed by atoms with Gasteiger partial charge in [0.05, 0.1) is 12.0 Å². The number of rotatable bonds is 8. The Hall–Kier alpha value is -1.84. The Morgan fingerprint density at radius 1 is 1.16 bits per heavy atom. The van der Waals surface area contributed by atoms with Crippen LogP contribution in [0.3, 0.4) is 0 Å². The van der Waals surface area contributed by atoms with Gasteiger partial charge in [0.1, 0.15) is 0 Å². The first-order valence-corrected chi connectivity index (χ1v) is 11.5. The molecule has 1 heterocycles. The molecule has 0 spiro atoms. The smallest absolute Gasteiger partial charge is 0.230 e. The number of hydrogen-bond donors (Lipinski definition) is 2. The number of carbonyl (C=O) groups is 2. The van der Waals surface area contributed by atoms with Gasteiger partial charge in [-0.2, -0.15) is 0 Å². The van der Waals surface area contributed by atoms with Gasteiger partial charge in [-0.1, -0.05) is 37.1 Å². The largest absolute Gasteiger partial charge is 0.357 e. The summed E-state index contributed by atoms with van der Waals surface area (Å²) in [6, 6.07) is 8.30. The average Bonchev–Trinajstić information content (AvgIpc) is 3.40. The number of guanidine groups is 1. The van der Waals surface area contributed by atoms with Crippen molar-refractivity contribution >= 4 is 41.8 Å². The summed E-state index contributed by atoms with van der Waals surface area (Å²) in [6.07, 6.45) is 5.67. The lowest BCUT2D eigenvalue weighted by Crippen LogP contribution is -2.49. The van der Waals surface area contributed by atoms with Crippen LogP contribution >= 0.6 is 24.0 Å². The number of aliphatic imine (C=N–C) groups is 1. The third kappa shape index (κ3) is 6.83. The molecular weight excluding hydrogens is 517 g/mol. The van der Waals surface area contributed by atoms with Gasteiger partial charge in [0.25, 0.3) is 0 Å². The van der Waals surface area contributed by atoms with E-state index in [1.54, 1.807) is 4.90 Å². The zero-order valence-electron chi connectivity index (χ0n) is 19.7. The second-order valence-corrected chi connectivity index (χ2v) is 8.97. The van der Waals surface area contributed by atoms with E-state index >= 15 is 0 Å². The van der Waals surface area contributed by atoms with Crippen LogP contribution in [0.5, 0.6) is 0 Å². The molecule has 1 aliphatic carbocycles. The first-order chi connectivity index (χ1) is 14.9. The van der Waals surface area contributed by atoms with Gasteiger partial charge in [-0.15, -0.1) is 24.0 Å². The molecule has 0 aromatic heterocycles. The van der Waals surface area contributed by atoms with E-state index < -0.39 is 0 Å². The van der Waals surface area contributed by atoms with Crippen molar-refractivity contribution in [2.45, 2.75) is 58.5 Å². The standard InChI is InChI=1S/C24H37N5O2.HI/c1-4-25-23(27-18-24(12-5-6-13-24)22(31)28(2)3)26-16-19-9-7-10-20(15-19)17-29-14-8-11-21(29)30;/h7,9-10,15H,4-6,8,11-14,16-18H2,1-3H3,(H2,25,26,27);1H. The molecule has 0 radical (unpaired) electrons. The summed E-state index contributed by atoms with van der Waals surface area (Å²) in [5.41, 5.74) is 1.92. The van der Waals surface area contributed by atoms with Crippen LogP contribution in [0.2, 0.25) is 0 Å². The van der Waals surface area contributed by atoms with Gasteiger partial charge in [0.15, 0.2) is 5.96 Å². The van der Waals surface area contributed by atoms with Crippen molar-refractivity contribution in [3.8, 4) is 0 Å². The number of hydrogen-bond acceptors (Lipinski definition) is 3. The highest BCUT2D eigenvalue weighted by Gasteiger charge is 2.42. The second kappa shape index (κ2) is 12.4. The minimum atomic E-state index is -0.331. The fourth-order valence-corrected chi connectivity index (χ4v) is 4.68. The Morgan fingerprint density at radius 2 is 1.88 bits per heavy atom. The Balaban J connectivity index is 0.00000363. The molecule has 2 aliphatic rings. The molecule has 0 bridgehead atoms. The van der Waals surface area contributed by atoms with Crippen molar-refractivity contribution in [1.29, 1.82) is 0 Å². The van der Waals surface area contributed by atoms with E-state index in [0.717, 1.165) is 62.3 Å². The summed E-state index contributed by atoms with van der Waals surface area (Å²) in [7, 11) is 3.68. The van der Waals surface area contributed by atoms with E-state index in [9.17, 15) is 9.59 Å². The lowest BCUT2D eigenvalue weighted by molar-refractivity contribution is -0.138. The van der Waals surface area contributed by atoms with Crippen LogP contribution in [0.25, 0.3) is 0 Å². The van der Waals surface area contributed by atoms with Crippen molar-refractivity contribution < 1.29 is 9.59 Å². The van der Waals surface area contributed by atoms with E-state index in [1.807, 2.05) is 32.0 Å². The lowest BCUT2D eigenvalue weighted by Gasteiger charge is -2.31. The fraction of sp³-hybridized carbons (Fsp3) is 0.625. The van der Waals surface area contributed by atoms with E-state index in [2.05, 4.69) is 28.8 Å². The summed E-state index contributed by atoms with van der Waals surface area (Å²) >= 11 is 0. The van der Waals surface area contributed by atoms with E-state index in [-0.39, 0.29) is 41.2 Å². The van der Waals surface area contributed by atoms with Crippen molar-refractivity contribution in [1.82, 2.24) is 20.4 Å². The molecule has 32 heavy (non-hydrogen) atoms. The summed E-state index contributed by atoms with van der Waals surface area (Å²) < 4.78 is 0. The van der Waals surface area contributed by atoms with Crippen molar-refractivity contribution in [3.63, 3.8) is 0 Å². The van der Waals surface area contributed by atoms with Crippen LogP contribution in [0, 0.1) is 5.41 Å². The molecule has 2 N–H and O–H groups in total. The monoisotopic (exact) mass is 555 g/mol. The Labute approximate surface area is 209 Å². The summed E-state index contributed by atoms with van der Waals surface area (Å²) in [6.45, 7) is 5.48. The predicted octanol–water partition coefficient (Wildman–Crippen LogP) is 3.13. The second-order valence-electron chi connectivity index (χ2n) is 8.97. The van der Waals surface area contributed by atoms with Crippen LogP contribution in [0.1, 0.15) is 56.6 Å². The number of carbonyl (C=O) groups excluding carboxylic acids is 2. The topological polar surface area (TPSA) is 77.0 Å². The maximum Gasteiger partial charge on any atom is 0.230 e. The third-order valence-corrected chi connectivity index (χ3v) is 6.31. The first kappa shape index (κ1) is 26.4. The summed E-state index contributed by atoms with van der Waals surface area (Å²) in [5.74, 6) is 1.19. The number of benzene rings is 1. The number of nitrogens with zero attached hydrogens (tertiary/aromatic N) is 3. The number of nitrogens with one attached hydrogen (secondary N) is 2. The molecule has 1 saturated carbocycles. The predicted molar refractivity (Wildman–Crippen MR) is 139 cm³/mol. The lowest BCUT2D eigenvalue weighted by atomic mass is 9.84. The van der Waals surface area contributed by atoms with Crippen LogP contribution in [0.4, 0.5) is 0 Å². The molecule has 0 atom stereocenters. The first-order valence-electron chi connectivity index (χ1n) is 11.5. The Bertz CT molecular complexity index is 805. The minimum absolute atomic E-state index is 0. The normalized spacial score (nSPS) is 17.8. The van der Waals surface area contributed by atoms with Gasteiger partial charge >= 0.3 is 0 Å². The van der Waals surface area contributed by atoms with Crippen LogP contribution in [-0.4, -0.2) is 61.3 Å². The van der Waals surface area contributed by atoms with E-state index in [4.69, 9.17) is 4.99 Å². The van der Waals surface area contributed by atoms with E-state index in [0.29, 0.717) is 26.1 Å². The average molecular weight is 556 g/mol. The molecule has 1 aromatic carbocycles. The van der Waals surface area contributed by atoms with Crippen LogP contribution in [0.15, 0.2) is 29.3 Å². The van der Waals surface area contributed by atoms with Gasteiger partial charge in [-0.3, -0.25) is 9.59 Å². The quantitative estimate of drug-likeness (QED) is 0.294. The molecule has 1 aliphatic heterocycles. The number of likely N-dealkylation sites (tertiary alicyclic amines) is 1. The van der Waals surface area contributed by atoms with Gasteiger partial charge in [-0.05, 0) is 37.3 Å². The maximum absolute atomic E-state index is 12.8. The molecule has 0 unspecified atom stereocenters. The highest BCUT2D eigenvalue weighted by molar-refractivity contribution is 14.0. The molecule has 178 valence electrons. The molecule has 1 aromatic rings. The molecule has 2 fully saturated rings. The highest BCUT2D eigenvalue weighted by Crippen LogP contribution is 2.38. The summed E-state index contributed by atoms with van der Waals surface area (Å²) in [4.78, 5) is 33.1. The molecule has 3 rings (SSSR count). The van der Waals surface area contributed by atoms with Crippen molar-refractivity contribution in [2.75, 3.05) is 33.7 Å². The molecule has 2 amide bonds. The van der Waals surface area contributed by atoms with Gasteiger partial charge in [0.2, 0.25) is 11.8 Å². The highest BCUT2D eigenvalue weighted by atomic mass is 127. The molecule has 8 heteroatoms. The molecule has 7 nitrogen and oxygen atoms in total. The Morgan fingerprint density at radius 3 is 2.50 bits per heavy atom. The zero-order chi connectivity index (χ0) is 22.3. The van der Waals surface area contributed by atoms with Crippen LogP contribution < -0.4 is 10.6 Å². The zero-order valence-corrected chi connectivity index (χ0v) is 22.0. The third-order valence-electron chi connectivity index (χ3n) is 6.31. The van der Waals surface area contributed by atoms with Gasteiger partial charge in [-0.25, -0.2) is 4.99 Å². The van der Waals surface area contributed by atoms with Crippen molar-refractivity contribution in [3.05, 3.63) is 35.4 Å².